The van der Waals surface area contributed by atoms with Crippen molar-refractivity contribution in [2.75, 3.05) is 0 Å². The molecule has 122 valence electrons. The third-order valence-corrected chi connectivity index (χ3v) is 3.61. The van der Waals surface area contributed by atoms with E-state index >= 15 is 0 Å². The van der Waals surface area contributed by atoms with Gasteiger partial charge >= 0.3 is 0 Å². The van der Waals surface area contributed by atoms with Gasteiger partial charge in [-0.1, -0.05) is 17.7 Å². The quantitative estimate of drug-likeness (QED) is 0.742. The van der Waals surface area contributed by atoms with Crippen molar-refractivity contribution in [2.24, 2.45) is 5.73 Å². The van der Waals surface area contributed by atoms with E-state index in [1.165, 1.54) is 12.1 Å². The van der Waals surface area contributed by atoms with E-state index in [-0.39, 0.29) is 17.3 Å². The number of aromatic nitrogens is 3. The van der Waals surface area contributed by atoms with Crippen molar-refractivity contribution in [3.63, 3.8) is 0 Å². The van der Waals surface area contributed by atoms with Crippen LogP contribution in [0.1, 0.15) is 16.1 Å². The maximum Gasteiger partial charge on any atom is 0.271 e. The van der Waals surface area contributed by atoms with Gasteiger partial charge in [-0.2, -0.15) is 15.4 Å². The summed E-state index contributed by atoms with van der Waals surface area (Å²) in [7, 11) is 0. The van der Waals surface area contributed by atoms with Crippen LogP contribution in [0, 0.1) is 5.82 Å². The monoisotopic (exact) mass is 346 g/mol. The van der Waals surface area contributed by atoms with Crippen LogP contribution >= 0.6 is 11.6 Å². The molecule has 0 aliphatic carbocycles. The van der Waals surface area contributed by atoms with Gasteiger partial charge in [0.25, 0.3) is 5.91 Å². The molecule has 0 bridgehead atoms. The molecule has 0 saturated carbocycles. The largest absolute Gasteiger partial charge is 0.489 e. The molecule has 3 aromatic rings. The van der Waals surface area contributed by atoms with E-state index in [4.69, 9.17) is 22.1 Å². The lowest BCUT2D eigenvalue weighted by atomic mass is 10.1. The standard InChI is InChI=1S/C16H12ClFN4O2/c17-12-6-1-9(7-13(12)18)8-24-11-4-2-10(3-5-11)14-15(16(19)23)21-22-20-14/h1-7H,8H2,(H2,19,23)(H,20,21,22). The zero-order valence-electron chi connectivity index (χ0n) is 12.3. The van der Waals surface area contributed by atoms with Gasteiger partial charge in [-0.05, 0) is 42.0 Å². The highest BCUT2D eigenvalue weighted by molar-refractivity contribution is 6.30. The van der Waals surface area contributed by atoms with Gasteiger partial charge in [0.05, 0.1) is 5.02 Å². The number of hydrogen-bond acceptors (Lipinski definition) is 4. The van der Waals surface area contributed by atoms with Crippen LogP contribution in [0.15, 0.2) is 42.5 Å². The first-order valence-electron chi connectivity index (χ1n) is 6.92. The van der Waals surface area contributed by atoms with E-state index in [1.807, 2.05) is 0 Å². The second kappa shape index (κ2) is 6.67. The highest BCUT2D eigenvalue weighted by atomic mass is 35.5. The van der Waals surface area contributed by atoms with Crippen LogP contribution in [0.25, 0.3) is 11.3 Å². The summed E-state index contributed by atoms with van der Waals surface area (Å²) in [5, 5.41) is 10.1. The summed E-state index contributed by atoms with van der Waals surface area (Å²) in [6.07, 6.45) is 0. The van der Waals surface area contributed by atoms with Crippen molar-refractivity contribution in [3.05, 3.63) is 64.6 Å². The minimum absolute atomic E-state index is 0.0697. The normalized spacial score (nSPS) is 10.6. The first-order chi connectivity index (χ1) is 11.5. The average Bonchev–Trinajstić information content (AvgIpc) is 3.06. The van der Waals surface area contributed by atoms with Crippen LogP contribution in [-0.2, 0) is 6.61 Å². The zero-order chi connectivity index (χ0) is 17.1. The SMILES string of the molecule is NC(=O)c1n[nH]nc1-c1ccc(OCc2ccc(Cl)c(F)c2)cc1. The first kappa shape index (κ1) is 15.9. The number of carbonyl (C=O) groups excluding carboxylic acids is 1. The minimum atomic E-state index is -0.663. The molecule has 0 saturated heterocycles. The fourth-order valence-corrected chi connectivity index (χ4v) is 2.23. The van der Waals surface area contributed by atoms with Crippen LogP contribution in [0.5, 0.6) is 5.75 Å². The number of hydrogen-bond donors (Lipinski definition) is 2. The number of nitrogens with zero attached hydrogens (tertiary/aromatic N) is 2. The van der Waals surface area contributed by atoms with Crippen molar-refractivity contribution in [2.45, 2.75) is 6.61 Å². The van der Waals surface area contributed by atoms with Gasteiger partial charge in [-0.25, -0.2) is 4.39 Å². The van der Waals surface area contributed by atoms with E-state index in [9.17, 15) is 9.18 Å². The Morgan fingerprint density at radius 2 is 1.96 bits per heavy atom. The lowest BCUT2D eigenvalue weighted by Crippen LogP contribution is -2.12. The van der Waals surface area contributed by atoms with Crippen molar-refractivity contribution in [3.8, 4) is 17.0 Å². The molecule has 1 heterocycles. The van der Waals surface area contributed by atoms with E-state index in [0.717, 1.165) is 0 Å². The van der Waals surface area contributed by atoms with Gasteiger partial charge in [0.1, 0.15) is 23.9 Å². The van der Waals surface area contributed by atoms with Crippen LogP contribution in [0.4, 0.5) is 4.39 Å². The Morgan fingerprint density at radius 3 is 2.62 bits per heavy atom. The summed E-state index contributed by atoms with van der Waals surface area (Å²) in [5.74, 6) is -0.569. The molecule has 6 nitrogen and oxygen atoms in total. The van der Waals surface area contributed by atoms with Gasteiger partial charge < -0.3 is 10.5 Å². The Labute approximate surface area is 141 Å². The molecule has 3 N–H and O–H groups in total. The smallest absolute Gasteiger partial charge is 0.271 e. The first-order valence-corrected chi connectivity index (χ1v) is 7.30. The van der Waals surface area contributed by atoms with Gasteiger partial charge in [-0.3, -0.25) is 4.79 Å². The Balaban J connectivity index is 1.71. The highest BCUT2D eigenvalue weighted by Gasteiger charge is 2.14. The molecular weight excluding hydrogens is 335 g/mol. The number of amides is 1. The second-order valence-electron chi connectivity index (χ2n) is 4.95. The van der Waals surface area contributed by atoms with Crippen molar-refractivity contribution in [1.82, 2.24) is 15.4 Å². The Kier molecular flexibility index (Phi) is 4.43. The zero-order valence-corrected chi connectivity index (χ0v) is 13.0. The molecule has 3 rings (SSSR count). The number of H-pyrrole nitrogens is 1. The second-order valence-corrected chi connectivity index (χ2v) is 5.35. The minimum Gasteiger partial charge on any atom is -0.489 e. The molecule has 0 aliphatic heterocycles. The lowest BCUT2D eigenvalue weighted by Gasteiger charge is -2.07. The van der Waals surface area contributed by atoms with Crippen molar-refractivity contribution in [1.29, 1.82) is 0 Å². The molecule has 8 heteroatoms. The molecule has 24 heavy (non-hydrogen) atoms. The van der Waals surface area contributed by atoms with Crippen molar-refractivity contribution >= 4 is 17.5 Å². The molecule has 0 fully saturated rings. The van der Waals surface area contributed by atoms with Gasteiger partial charge in [0.2, 0.25) is 0 Å². The molecule has 1 aromatic heterocycles. The summed E-state index contributed by atoms with van der Waals surface area (Å²) in [6.45, 7) is 0.198. The van der Waals surface area contributed by atoms with Crippen LogP contribution in [0.2, 0.25) is 5.02 Å². The van der Waals surface area contributed by atoms with E-state index < -0.39 is 11.7 Å². The molecule has 0 atom stereocenters. The van der Waals surface area contributed by atoms with E-state index in [0.29, 0.717) is 22.6 Å². The third kappa shape index (κ3) is 3.36. The fraction of sp³-hybridized carbons (Fsp3) is 0.0625. The lowest BCUT2D eigenvalue weighted by molar-refractivity contribution is 0.0996. The molecular formula is C16H12ClFN4O2. The summed E-state index contributed by atoms with van der Waals surface area (Å²) < 4.78 is 19.0. The number of aromatic amines is 1. The maximum atomic E-state index is 13.4. The van der Waals surface area contributed by atoms with Gasteiger partial charge in [0.15, 0.2) is 5.69 Å². The predicted molar refractivity (Wildman–Crippen MR) is 86.1 cm³/mol. The fourth-order valence-electron chi connectivity index (χ4n) is 2.11. The Morgan fingerprint density at radius 1 is 1.21 bits per heavy atom. The number of nitrogens with one attached hydrogen (secondary N) is 1. The topological polar surface area (TPSA) is 93.9 Å². The number of ether oxygens (including phenoxy) is 1. The number of nitrogens with two attached hydrogens (primary N) is 1. The van der Waals surface area contributed by atoms with Crippen LogP contribution in [-0.4, -0.2) is 21.3 Å². The third-order valence-electron chi connectivity index (χ3n) is 3.30. The van der Waals surface area contributed by atoms with Crippen LogP contribution in [0.3, 0.4) is 0 Å². The van der Waals surface area contributed by atoms with E-state index in [2.05, 4.69) is 15.4 Å². The van der Waals surface area contributed by atoms with Gasteiger partial charge in [-0.15, -0.1) is 0 Å². The van der Waals surface area contributed by atoms with E-state index in [1.54, 1.807) is 30.3 Å². The molecule has 0 radical (unpaired) electrons. The predicted octanol–water partition coefficient (Wildman–Crippen LogP) is 2.94. The number of benzene rings is 2. The molecule has 2 aromatic carbocycles. The highest BCUT2D eigenvalue weighted by Crippen LogP contribution is 2.23. The summed E-state index contributed by atoms with van der Waals surface area (Å²) in [5.41, 5.74) is 7.00. The summed E-state index contributed by atoms with van der Waals surface area (Å²) >= 11 is 5.64. The Hall–Kier alpha value is -2.93. The number of rotatable bonds is 5. The maximum absolute atomic E-state index is 13.4. The number of carbonyl (C=O) groups is 1. The van der Waals surface area contributed by atoms with Crippen LogP contribution < -0.4 is 10.5 Å². The van der Waals surface area contributed by atoms with Gasteiger partial charge in [0, 0.05) is 5.56 Å². The summed E-state index contributed by atoms with van der Waals surface area (Å²) in [6, 6.07) is 11.4. The molecule has 0 unspecified atom stereocenters. The van der Waals surface area contributed by atoms with Crippen molar-refractivity contribution < 1.29 is 13.9 Å². The molecule has 1 amide bonds. The summed E-state index contributed by atoms with van der Waals surface area (Å²) in [4.78, 5) is 11.3. The number of primary amides is 1. The molecule has 0 aliphatic rings. The molecule has 0 spiro atoms. The number of halogens is 2. The Bertz CT molecular complexity index is 880. The average molecular weight is 347 g/mol.